The number of anilines is 2. The Balaban J connectivity index is 1.56. The molecule has 6 rings (SSSR count). The van der Waals surface area contributed by atoms with Crippen LogP contribution in [0.1, 0.15) is 30.9 Å². The molecule has 3 fully saturated rings. The number of aryl methyl sites for hydroxylation is 1. The number of imide groups is 1. The van der Waals surface area contributed by atoms with Crippen molar-refractivity contribution in [3.8, 4) is 0 Å². The van der Waals surface area contributed by atoms with Crippen molar-refractivity contribution < 1.29 is 19.3 Å². The van der Waals surface area contributed by atoms with Crippen LogP contribution in [-0.2, 0) is 19.9 Å². The number of amides is 3. The zero-order valence-electron chi connectivity index (χ0n) is 18.9. The monoisotopic (exact) mass is 460 g/mol. The molecule has 0 aromatic heterocycles. The van der Waals surface area contributed by atoms with Crippen LogP contribution in [-0.4, -0.2) is 46.7 Å². The van der Waals surface area contributed by atoms with Gasteiger partial charge >= 0.3 is 0 Å². The normalized spacial score (nSPS) is 29.8. The number of nitro groups is 1. The second-order valence-electron chi connectivity index (χ2n) is 9.48. The third-order valence-corrected chi connectivity index (χ3v) is 8.11. The van der Waals surface area contributed by atoms with Crippen molar-refractivity contribution >= 4 is 34.8 Å². The van der Waals surface area contributed by atoms with Crippen molar-refractivity contribution in [2.45, 2.75) is 38.3 Å². The molecule has 9 nitrogen and oxygen atoms in total. The summed E-state index contributed by atoms with van der Waals surface area (Å²) in [6.07, 6.45) is 1.57. The highest BCUT2D eigenvalue weighted by atomic mass is 16.6. The summed E-state index contributed by atoms with van der Waals surface area (Å²) in [6, 6.07) is 11.5. The first-order valence-corrected chi connectivity index (χ1v) is 11.6. The van der Waals surface area contributed by atoms with E-state index in [1.807, 2.05) is 31.2 Å². The van der Waals surface area contributed by atoms with Gasteiger partial charge in [-0.3, -0.25) is 29.4 Å². The largest absolute Gasteiger partial charge is 0.310 e. The van der Waals surface area contributed by atoms with Gasteiger partial charge in [-0.25, -0.2) is 4.90 Å². The molecule has 0 N–H and O–H groups in total. The van der Waals surface area contributed by atoms with Crippen molar-refractivity contribution in [1.29, 1.82) is 0 Å². The van der Waals surface area contributed by atoms with Gasteiger partial charge in [0.25, 0.3) is 11.6 Å². The molecule has 4 heterocycles. The standard InChI is InChI=1S/C25H24N4O5/c1-3-26-17-8-5-4-7-16(17)25(24(26)32)21-20(18-9-6-12-27(18)25)22(30)28(23(21)31)19-13-15(29(33)34)11-10-14(19)2/h4-5,7-8,10-11,13,18,20-21H,3,6,9,12H2,1-2H3/t18-,20-,21-,25+/m1/s1. The number of carbonyl (C=O) groups excluding carboxylic acids is 3. The number of rotatable bonds is 3. The van der Waals surface area contributed by atoms with E-state index < -0.39 is 28.2 Å². The van der Waals surface area contributed by atoms with Gasteiger partial charge in [-0.1, -0.05) is 24.3 Å². The highest BCUT2D eigenvalue weighted by Gasteiger charge is 2.75. The molecule has 4 aliphatic rings. The molecule has 0 saturated carbocycles. The van der Waals surface area contributed by atoms with Crippen LogP contribution in [0.15, 0.2) is 42.5 Å². The Labute approximate surface area is 196 Å². The summed E-state index contributed by atoms with van der Waals surface area (Å²) in [4.78, 5) is 57.9. The quantitative estimate of drug-likeness (QED) is 0.396. The van der Waals surface area contributed by atoms with Crippen LogP contribution in [0, 0.1) is 28.9 Å². The lowest BCUT2D eigenvalue weighted by atomic mass is 9.75. The molecular formula is C25H24N4O5. The number of non-ortho nitro benzene ring substituents is 1. The summed E-state index contributed by atoms with van der Waals surface area (Å²) >= 11 is 0. The fourth-order valence-corrected chi connectivity index (χ4v) is 6.84. The maximum Gasteiger partial charge on any atom is 0.271 e. The van der Waals surface area contributed by atoms with E-state index in [4.69, 9.17) is 0 Å². The van der Waals surface area contributed by atoms with E-state index in [0.717, 1.165) is 29.0 Å². The number of benzene rings is 2. The third kappa shape index (κ3) is 2.30. The summed E-state index contributed by atoms with van der Waals surface area (Å²) in [7, 11) is 0. The van der Waals surface area contributed by atoms with Gasteiger partial charge in [-0.15, -0.1) is 0 Å². The van der Waals surface area contributed by atoms with Crippen molar-refractivity contribution in [2.75, 3.05) is 22.9 Å². The van der Waals surface area contributed by atoms with Crippen LogP contribution >= 0.6 is 0 Å². The Morgan fingerprint density at radius 2 is 1.85 bits per heavy atom. The lowest BCUT2D eigenvalue weighted by Gasteiger charge is -2.37. The van der Waals surface area contributed by atoms with E-state index in [0.29, 0.717) is 18.7 Å². The molecule has 0 aliphatic carbocycles. The molecule has 2 aromatic rings. The predicted octanol–water partition coefficient (Wildman–Crippen LogP) is 2.75. The predicted molar refractivity (Wildman–Crippen MR) is 123 cm³/mol. The first kappa shape index (κ1) is 21.0. The van der Waals surface area contributed by atoms with Crippen molar-refractivity contribution in [3.63, 3.8) is 0 Å². The summed E-state index contributed by atoms with van der Waals surface area (Å²) in [5.74, 6) is -2.51. The Hall–Kier alpha value is -3.59. The van der Waals surface area contributed by atoms with E-state index in [2.05, 4.69) is 4.90 Å². The van der Waals surface area contributed by atoms with Crippen LogP contribution in [0.3, 0.4) is 0 Å². The lowest BCUT2D eigenvalue weighted by Crippen LogP contribution is -2.56. The van der Waals surface area contributed by atoms with E-state index in [-0.39, 0.29) is 29.2 Å². The smallest absolute Gasteiger partial charge is 0.271 e. The maximum atomic E-state index is 14.1. The molecule has 1 spiro atoms. The molecule has 0 radical (unpaired) electrons. The van der Waals surface area contributed by atoms with Crippen LogP contribution in [0.2, 0.25) is 0 Å². The molecule has 2 aromatic carbocycles. The van der Waals surface area contributed by atoms with E-state index in [9.17, 15) is 24.5 Å². The van der Waals surface area contributed by atoms with Crippen molar-refractivity contribution in [2.24, 2.45) is 11.8 Å². The lowest BCUT2D eigenvalue weighted by molar-refractivity contribution is -0.384. The van der Waals surface area contributed by atoms with Gasteiger partial charge in [0.1, 0.15) is 5.54 Å². The Bertz CT molecular complexity index is 1290. The highest BCUT2D eigenvalue weighted by molar-refractivity contribution is 6.26. The minimum Gasteiger partial charge on any atom is -0.310 e. The fourth-order valence-electron chi connectivity index (χ4n) is 6.84. The van der Waals surface area contributed by atoms with Crippen molar-refractivity contribution in [3.05, 3.63) is 63.7 Å². The van der Waals surface area contributed by atoms with Gasteiger partial charge in [0.05, 0.1) is 22.4 Å². The number of likely N-dealkylation sites (N-methyl/N-ethyl adjacent to an activating group) is 1. The topological polar surface area (TPSA) is 104 Å². The number of hydrogen-bond donors (Lipinski definition) is 0. The molecule has 3 amide bonds. The van der Waals surface area contributed by atoms with Crippen LogP contribution in [0.4, 0.5) is 17.1 Å². The van der Waals surface area contributed by atoms with Gasteiger partial charge in [0.2, 0.25) is 11.8 Å². The first-order chi connectivity index (χ1) is 16.3. The summed E-state index contributed by atoms with van der Waals surface area (Å²) in [5, 5.41) is 11.4. The van der Waals surface area contributed by atoms with E-state index >= 15 is 0 Å². The average molecular weight is 460 g/mol. The van der Waals surface area contributed by atoms with Crippen molar-refractivity contribution in [1.82, 2.24) is 4.90 Å². The molecule has 9 heteroatoms. The molecule has 4 aliphatic heterocycles. The average Bonchev–Trinajstić information content (AvgIpc) is 3.52. The second kappa shape index (κ2) is 6.96. The number of hydrogen-bond acceptors (Lipinski definition) is 6. The minimum atomic E-state index is -1.23. The molecule has 3 saturated heterocycles. The molecule has 4 atom stereocenters. The number of fused-ring (bicyclic) bond motifs is 7. The SMILES string of the molecule is CCN1C(=O)[C@]2(c3ccccc31)[C@H]1C(=O)N(c3cc([N+](=O)[O-])ccc3C)C(=O)[C@@H]1[C@H]1CCCN12. The van der Waals surface area contributed by atoms with Crippen LogP contribution in [0.25, 0.3) is 0 Å². The number of nitro benzene ring substituents is 1. The third-order valence-electron chi connectivity index (χ3n) is 8.11. The second-order valence-corrected chi connectivity index (χ2v) is 9.48. The van der Waals surface area contributed by atoms with Gasteiger partial charge < -0.3 is 4.90 Å². The number of nitrogens with zero attached hydrogens (tertiary/aromatic N) is 4. The summed E-state index contributed by atoms with van der Waals surface area (Å²) in [5.41, 5.74) is 0.970. The Kier molecular flexibility index (Phi) is 4.29. The van der Waals surface area contributed by atoms with Gasteiger partial charge in [0.15, 0.2) is 0 Å². The van der Waals surface area contributed by atoms with Crippen LogP contribution < -0.4 is 9.80 Å². The Morgan fingerprint density at radius 3 is 2.59 bits per heavy atom. The van der Waals surface area contributed by atoms with Gasteiger partial charge in [-0.05, 0) is 44.9 Å². The minimum absolute atomic E-state index is 0.158. The molecule has 0 unspecified atom stereocenters. The van der Waals surface area contributed by atoms with Gasteiger partial charge in [-0.2, -0.15) is 0 Å². The zero-order chi connectivity index (χ0) is 23.9. The molecule has 34 heavy (non-hydrogen) atoms. The number of para-hydroxylation sites is 1. The fraction of sp³-hybridized carbons (Fsp3) is 0.400. The van der Waals surface area contributed by atoms with Gasteiger partial charge in [0, 0.05) is 36.0 Å². The highest BCUT2D eigenvalue weighted by Crippen LogP contribution is 2.61. The molecule has 174 valence electrons. The first-order valence-electron chi connectivity index (χ1n) is 11.6. The summed E-state index contributed by atoms with van der Waals surface area (Å²) < 4.78 is 0. The molecular weight excluding hydrogens is 436 g/mol. The zero-order valence-corrected chi connectivity index (χ0v) is 18.9. The maximum absolute atomic E-state index is 14.1. The van der Waals surface area contributed by atoms with E-state index in [1.54, 1.807) is 17.9 Å². The van der Waals surface area contributed by atoms with Crippen LogP contribution in [0.5, 0.6) is 0 Å². The van der Waals surface area contributed by atoms with E-state index in [1.165, 1.54) is 12.1 Å². The Morgan fingerprint density at radius 1 is 1.09 bits per heavy atom. The molecule has 0 bridgehead atoms. The summed E-state index contributed by atoms with van der Waals surface area (Å²) in [6.45, 7) is 4.73. The number of carbonyl (C=O) groups is 3.